The number of hydrogen-bond acceptors (Lipinski definition) is 9. The van der Waals surface area contributed by atoms with Crippen LogP contribution in [0, 0.1) is 11.8 Å². The third kappa shape index (κ3) is 8.05. The normalized spacial score (nSPS) is 36.8. The Kier molecular flexibility index (Phi) is 11.0. The van der Waals surface area contributed by atoms with Gasteiger partial charge in [0.2, 0.25) is 0 Å². The van der Waals surface area contributed by atoms with Gasteiger partial charge in [-0.15, -0.1) is 0 Å². The number of nitrogens with one attached hydrogen (secondary N) is 1. The van der Waals surface area contributed by atoms with E-state index in [0.717, 1.165) is 5.56 Å². The van der Waals surface area contributed by atoms with E-state index in [1.165, 1.54) is 0 Å². The third-order valence-electron chi connectivity index (χ3n) is 7.48. The molecule has 2 fully saturated rings. The van der Waals surface area contributed by atoms with Crippen molar-refractivity contribution >= 4 is 11.8 Å². The minimum atomic E-state index is -0.955. The molecular formula is C28H44N2O7. The van der Waals surface area contributed by atoms with Crippen molar-refractivity contribution in [2.75, 3.05) is 34.4 Å². The lowest BCUT2D eigenvalue weighted by molar-refractivity contribution is -0.278. The largest absolute Gasteiger partial charge is 0.463 e. The van der Waals surface area contributed by atoms with Crippen LogP contribution in [0.4, 0.5) is 0 Å². The van der Waals surface area contributed by atoms with Gasteiger partial charge in [-0.05, 0) is 58.8 Å². The molecule has 0 radical (unpaired) electrons. The van der Waals surface area contributed by atoms with Gasteiger partial charge >= 0.3 is 5.97 Å². The molecule has 0 bridgehead atoms. The second-order valence-corrected chi connectivity index (χ2v) is 10.8. The predicted octanol–water partition coefficient (Wildman–Crippen LogP) is 2.32. The average Bonchev–Trinajstić information content (AvgIpc) is 2.88. The van der Waals surface area contributed by atoms with E-state index in [4.69, 9.17) is 18.9 Å². The maximum absolute atomic E-state index is 13.2. The van der Waals surface area contributed by atoms with Crippen molar-refractivity contribution in [3.8, 4) is 0 Å². The number of carbonyl (C=O) groups excluding carboxylic acids is 2. The highest BCUT2D eigenvalue weighted by atomic mass is 16.7. The van der Waals surface area contributed by atoms with E-state index in [1.54, 1.807) is 14.0 Å². The Morgan fingerprint density at radius 1 is 1.05 bits per heavy atom. The summed E-state index contributed by atoms with van der Waals surface area (Å²) < 4.78 is 23.7. The van der Waals surface area contributed by atoms with Crippen molar-refractivity contribution < 1.29 is 33.6 Å². The Morgan fingerprint density at radius 3 is 2.41 bits per heavy atom. The summed E-state index contributed by atoms with van der Waals surface area (Å²) in [6.07, 6.45) is -1.85. The van der Waals surface area contributed by atoms with Gasteiger partial charge in [-0.25, -0.2) is 0 Å². The second-order valence-electron chi connectivity index (χ2n) is 10.8. The van der Waals surface area contributed by atoms with E-state index in [2.05, 4.69) is 12.2 Å². The fourth-order valence-corrected chi connectivity index (χ4v) is 5.07. The minimum absolute atomic E-state index is 0.0510. The van der Waals surface area contributed by atoms with Gasteiger partial charge in [0.25, 0.3) is 0 Å². The summed E-state index contributed by atoms with van der Waals surface area (Å²) in [6, 6.07) is 9.47. The Morgan fingerprint density at radius 2 is 1.76 bits per heavy atom. The SMILES string of the molecule is CO[C@@H]1C[C@@H](C)CN[C@@H](c2ccccc2)COC(=O)[C@H](C)C(=O)C[C@H]1O[C@@H]1O[C@H](C)CC(N(C)C)C1O. The standard InChI is InChI=1S/C28H44N2O7/c1-17-12-24(34-6)25(37-28-26(32)22(30(4)5)13-18(2)36-28)14-23(31)19(3)27(33)35-16-21(29-15-17)20-10-8-7-9-11-20/h7-11,17-19,21-22,24-26,28-29,32H,12-16H2,1-6H3/t17-,18-,19-,21-,22?,24-,25-,26?,28+/m1/s1. The second kappa shape index (κ2) is 13.8. The van der Waals surface area contributed by atoms with Gasteiger partial charge in [0.15, 0.2) is 6.29 Å². The first-order chi connectivity index (χ1) is 17.6. The van der Waals surface area contributed by atoms with Gasteiger partial charge in [-0.3, -0.25) is 9.59 Å². The van der Waals surface area contributed by atoms with Gasteiger partial charge in [0.05, 0.1) is 24.4 Å². The number of aliphatic hydroxyl groups is 1. The highest BCUT2D eigenvalue weighted by molar-refractivity contribution is 5.98. The Hall–Kier alpha value is -1.88. The van der Waals surface area contributed by atoms with E-state index >= 15 is 0 Å². The summed E-state index contributed by atoms with van der Waals surface area (Å²) in [4.78, 5) is 28.0. The number of rotatable bonds is 5. The highest BCUT2D eigenvalue weighted by Crippen LogP contribution is 2.28. The molecule has 2 N–H and O–H groups in total. The first-order valence-corrected chi connectivity index (χ1v) is 13.3. The van der Waals surface area contributed by atoms with E-state index < -0.39 is 36.5 Å². The van der Waals surface area contributed by atoms with Crippen LogP contribution in [0.2, 0.25) is 0 Å². The molecule has 0 aromatic heterocycles. The van der Waals surface area contributed by atoms with Crippen molar-refractivity contribution in [1.29, 1.82) is 0 Å². The van der Waals surface area contributed by atoms with Crippen molar-refractivity contribution in [2.24, 2.45) is 11.8 Å². The summed E-state index contributed by atoms with van der Waals surface area (Å²) in [5.41, 5.74) is 1.01. The molecule has 0 amide bonds. The zero-order valence-electron chi connectivity index (χ0n) is 23.0. The molecule has 2 heterocycles. The monoisotopic (exact) mass is 520 g/mol. The molecule has 2 saturated heterocycles. The van der Waals surface area contributed by atoms with E-state index in [0.29, 0.717) is 19.4 Å². The summed E-state index contributed by atoms with van der Waals surface area (Å²) in [7, 11) is 5.42. The highest BCUT2D eigenvalue weighted by Gasteiger charge is 2.41. The number of nitrogens with zero attached hydrogens (tertiary/aromatic N) is 1. The number of likely N-dealkylation sites (N-methyl/N-ethyl adjacent to an activating group) is 1. The maximum Gasteiger partial charge on any atom is 0.316 e. The maximum atomic E-state index is 13.2. The first-order valence-electron chi connectivity index (χ1n) is 13.3. The molecule has 208 valence electrons. The number of ketones is 1. The molecule has 1 aromatic carbocycles. The Bertz CT molecular complexity index is 867. The number of hydrogen-bond donors (Lipinski definition) is 2. The van der Waals surface area contributed by atoms with Gasteiger partial charge in [-0.2, -0.15) is 0 Å². The molecule has 2 aliphatic heterocycles. The molecule has 0 saturated carbocycles. The van der Waals surface area contributed by atoms with Crippen LogP contribution in [-0.4, -0.2) is 92.9 Å². The van der Waals surface area contributed by atoms with Gasteiger partial charge in [-0.1, -0.05) is 37.3 Å². The predicted molar refractivity (Wildman–Crippen MR) is 139 cm³/mol. The molecule has 9 heteroatoms. The lowest BCUT2D eigenvalue weighted by Crippen LogP contribution is -2.56. The number of carbonyl (C=O) groups is 2. The molecular weight excluding hydrogens is 476 g/mol. The summed E-state index contributed by atoms with van der Waals surface area (Å²) in [6.45, 7) is 6.39. The molecule has 9 nitrogen and oxygen atoms in total. The van der Waals surface area contributed by atoms with Crippen LogP contribution >= 0.6 is 0 Å². The van der Waals surface area contributed by atoms with Crippen LogP contribution in [0.1, 0.15) is 51.6 Å². The summed E-state index contributed by atoms with van der Waals surface area (Å²) >= 11 is 0. The quantitative estimate of drug-likeness (QED) is 0.447. The fourth-order valence-electron chi connectivity index (χ4n) is 5.07. The van der Waals surface area contributed by atoms with Crippen LogP contribution in [0.15, 0.2) is 30.3 Å². The van der Waals surface area contributed by atoms with Crippen LogP contribution in [0.3, 0.4) is 0 Å². The van der Waals surface area contributed by atoms with Crippen molar-refractivity contribution in [3.63, 3.8) is 0 Å². The molecule has 1 aromatic rings. The number of esters is 1. The smallest absolute Gasteiger partial charge is 0.316 e. The molecule has 2 unspecified atom stereocenters. The molecule has 37 heavy (non-hydrogen) atoms. The van der Waals surface area contributed by atoms with Gasteiger partial charge in [0, 0.05) is 19.6 Å². The van der Waals surface area contributed by atoms with Crippen LogP contribution in [0.25, 0.3) is 0 Å². The summed E-state index contributed by atoms with van der Waals surface area (Å²) in [5.74, 6) is -1.65. The number of Topliss-reactive ketones (excluding diaryl/α,β-unsaturated/α-hetero) is 1. The van der Waals surface area contributed by atoms with Crippen molar-refractivity contribution in [2.45, 2.75) is 82.8 Å². The number of benzene rings is 1. The average molecular weight is 521 g/mol. The lowest BCUT2D eigenvalue weighted by Gasteiger charge is -2.43. The van der Waals surface area contributed by atoms with Gasteiger partial charge < -0.3 is 34.3 Å². The number of aliphatic hydroxyl groups excluding tert-OH is 1. The first kappa shape index (κ1) is 29.7. The molecule has 3 rings (SSSR count). The number of methoxy groups -OCH3 is 1. The minimum Gasteiger partial charge on any atom is -0.463 e. The van der Waals surface area contributed by atoms with E-state index in [-0.39, 0.29) is 42.9 Å². The lowest BCUT2D eigenvalue weighted by atomic mass is 9.93. The van der Waals surface area contributed by atoms with Gasteiger partial charge in [0.1, 0.15) is 24.4 Å². The molecule has 9 atom stereocenters. The van der Waals surface area contributed by atoms with E-state index in [1.807, 2.05) is 56.3 Å². The van der Waals surface area contributed by atoms with Crippen LogP contribution in [0.5, 0.6) is 0 Å². The van der Waals surface area contributed by atoms with Crippen LogP contribution < -0.4 is 5.32 Å². The molecule has 2 aliphatic rings. The Labute approximate surface area is 220 Å². The van der Waals surface area contributed by atoms with Crippen molar-refractivity contribution in [1.82, 2.24) is 10.2 Å². The zero-order valence-corrected chi connectivity index (χ0v) is 23.0. The third-order valence-corrected chi connectivity index (χ3v) is 7.48. The molecule has 0 spiro atoms. The number of ether oxygens (including phenoxy) is 4. The van der Waals surface area contributed by atoms with E-state index in [9.17, 15) is 14.7 Å². The van der Waals surface area contributed by atoms with Crippen molar-refractivity contribution in [3.05, 3.63) is 35.9 Å². The fraction of sp³-hybridized carbons (Fsp3) is 0.714. The number of cyclic esters (lactones) is 1. The summed E-state index contributed by atoms with van der Waals surface area (Å²) in [5, 5.41) is 14.5. The topological polar surface area (TPSA) is 107 Å². The molecule has 0 aliphatic carbocycles. The zero-order chi connectivity index (χ0) is 27.1. The Balaban J connectivity index is 1.83. The van der Waals surface area contributed by atoms with Crippen LogP contribution in [-0.2, 0) is 28.5 Å².